The van der Waals surface area contributed by atoms with Crippen molar-refractivity contribution in [1.82, 2.24) is 9.97 Å². The van der Waals surface area contributed by atoms with Crippen LogP contribution in [0.15, 0.2) is 6.07 Å². The van der Waals surface area contributed by atoms with Crippen LogP contribution < -0.4 is 11.1 Å². The van der Waals surface area contributed by atoms with Gasteiger partial charge in [-0.15, -0.1) is 11.3 Å². The first-order chi connectivity index (χ1) is 9.24. The molecular formula is C14H22N4OS. The predicted molar refractivity (Wildman–Crippen MR) is 85.1 cm³/mol. The van der Waals surface area contributed by atoms with E-state index in [2.05, 4.69) is 36.1 Å². The zero-order valence-corrected chi connectivity index (χ0v) is 13.2. The lowest BCUT2D eigenvalue weighted by Gasteiger charge is -2.22. The van der Waals surface area contributed by atoms with Crippen LogP contribution in [0.1, 0.15) is 32.1 Å². The fourth-order valence-corrected chi connectivity index (χ4v) is 3.07. The van der Waals surface area contributed by atoms with Crippen molar-refractivity contribution in [3.05, 3.63) is 10.9 Å². The van der Waals surface area contributed by atoms with Crippen LogP contribution in [0.25, 0.3) is 10.2 Å². The molecule has 0 fully saturated rings. The summed E-state index contributed by atoms with van der Waals surface area (Å²) in [6.45, 7) is 8.82. The summed E-state index contributed by atoms with van der Waals surface area (Å²) in [6.07, 6.45) is 0.313. The van der Waals surface area contributed by atoms with Crippen LogP contribution in [0, 0.1) is 12.3 Å². The molecule has 20 heavy (non-hydrogen) atoms. The maximum Gasteiger partial charge on any atom is 0.223 e. The minimum absolute atomic E-state index is 0.0973. The topological polar surface area (TPSA) is 84.1 Å². The molecule has 2 heterocycles. The second-order valence-electron chi connectivity index (χ2n) is 6.31. The zero-order valence-electron chi connectivity index (χ0n) is 12.4. The number of hydrogen-bond donors (Lipinski definition) is 3. The van der Waals surface area contributed by atoms with E-state index in [-0.39, 0.29) is 11.4 Å². The highest BCUT2D eigenvalue weighted by Gasteiger charge is 2.17. The third-order valence-corrected chi connectivity index (χ3v) is 3.83. The number of nitrogens with zero attached hydrogens (tertiary/aromatic N) is 2. The van der Waals surface area contributed by atoms with Crippen molar-refractivity contribution in [2.45, 2.75) is 40.2 Å². The number of nitrogens with one attached hydrogen (secondary N) is 1. The van der Waals surface area contributed by atoms with Gasteiger partial charge < -0.3 is 16.2 Å². The average molecular weight is 294 g/mol. The van der Waals surface area contributed by atoms with E-state index in [9.17, 15) is 5.11 Å². The number of thiophene rings is 1. The summed E-state index contributed by atoms with van der Waals surface area (Å²) in [5.41, 5.74) is 5.82. The molecule has 0 amide bonds. The van der Waals surface area contributed by atoms with Gasteiger partial charge in [0.2, 0.25) is 5.95 Å². The van der Waals surface area contributed by atoms with Crippen LogP contribution in [0.2, 0.25) is 0 Å². The molecule has 0 radical (unpaired) electrons. The normalized spacial score (nSPS) is 13.7. The average Bonchev–Trinajstić information content (AvgIpc) is 2.63. The maximum atomic E-state index is 10.1. The highest BCUT2D eigenvalue weighted by molar-refractivity contribution is 7.18. The van der Waals surface area contributed by atoms with Crippen LogP contribution in [0.4, 0.5) is 11.8 Å². The molecule has 0 spiro atoms. The minimum atomic E-state index is -0.416. The van der Waals surface area contributed by atoms with Crippen molar-refractivity contribution < 1.29 is 5.11 Å². The van der Waals surface area contributed by atoms with Crippen LogP contribution in [-0.2, 0) is 0 Å². The molecule has 2 aromatic rings. The standard InChI is InChI=1S/C14H22N4OS/c1-8-5-10-11(17-13(15)18-12(10)20-8)16-7-9(19)6-14(2,3)4/h5,9,19H,6-7H2,1-4H3,(H3,15,16,17,18). The molecule has 110 valence electrons. The number of aliphatic hydroxyl groups is 1. The van der Waals surface area contributed by atoms with Gasteiger partial charge in [-0.2, -0.15) is 4.98 Å². The molecule has 0 aromatic carbocycles. The number of aliphatic hydroxyl groups excluding tert-OH is 1. The lowest BCUT2D eigenvalue weighted by molar-refractivity contribution is 0.132. The summed E-state index contributed by atoms with van der Waals surface area (Å²) in [6, 6.07) is 2.04. The third kappa shape index (κ3) is 3.80. The van der Waals surface area contributed by atoms with Gasteiger partial charge in [-0.25, -0.2) is 4.98 Å². The number of aryl methyl sites for hydroxylation is 1. The van der Waals surface area contributed by atoms with Gasteiger partial charge in [-0.1, -0.05) is 20.8 Å². The molecule has 0 saturated heterocycles. The number of aromatic nitrogens is 2. The van der Waals surface area contributed by atoms with Gasteiger partial charge in [0.15, 0.2) is 0 Å². The van der Waals surface area contributed by atoms with E-state index >= 15 is 0 Å². The molecule has 1 unspecified atom stereocenters. The molecule has 4 N–H and O–H groups in total. The van der Waals surface area contributed by atoms with E-state index in [4.69, 9.17) is 5.73 Å². The van der Waals surface area contributed by atoms with E-state index in [1.165, 1.54) is 0 Å². The van der Waals surface area contributed by atoms with Gasteiger partial charge in [0.05, 0.1) is 11.5 Å². The Kier molecular flexibility index (Phi) is 4.15. The SMILES string of the molecule is Cc1cc2c(NCC(O)CC(C)(C)C)nc(N)nc2s1. The first-order valence-electron chi connectivity index (χ1n) is 6.70. The van der Waals surface area contributed by atoms with Gasteiger partial charge in [-0.3, -0.25) is 0 Å². The molecule has 1 atom stereocenters. The Bertz CT molecular complexity index is 603. The van der Waals surface area contributed by atoms with Crippen molar-refractivity contribution >= 4 is 33.3 Å². The molecule has 5 nitrogen and oxygen atoms in total. The highest BCUT2D eigenvalue weighted by atomic mass is 32.1. The van der Waals surface area contributed by atoms with Crippen LogP contribution in [0.5, 0.6) is 0 Å². The van der Waals surface area contributed by atoms with Crippen molar-refractivity contribution in [1.29, 1.82) is 0 Å². The smallest absolute Gasteiger partial charge is 0.223 e. The summed E-state index contributed by atoms with van der Waals surface area (Å²) in [4.78, 5) is 10.5. The number of rotatable bonds is 4. The molecule has 0 aliphatic rings. The molecular weight excluding hydrogens is 272 g/mol. The van der Waals surface area contributed by atoms with Gasteiger partial charge in [0.1, 0.15) is 10.6 Å². The van der Waals surface area contributed by atoms with Crippen molar-refractivity contribution in [2.75, 3.05) is 17.6 Å². The fourth-order valence-electron chi connectivity index (χ4n) is 2.19. The fraction of sp³-hybridized carbons (Fsp3) is 0.571. The lowest BCUT2D eigenvalue weighted by atomic mass is 9.89. The third-order valence-electron chi connectivity index (χ3n) is 2.89. The second-order valence-corrected chi connectivity index (χ2v) is 7.54. The summed E-state index contributed by atoms with van der Waals surface area (Å²) < 4.78 is 0. The van der Waals surface area contributed by atoms with Gasteiger partial charge in [0, 0.05) is 11.4 Å². The van der Waals surface area contributed by atoms with Crippen LogP contribution >= 0.6 is 11.3 Å². The van der Waals surface area contributed by atoms with Crippen LogP contribution in [-0.4, -0.2) is 27.7 Å². The Balaban J connectivity index is 2.13. The van der Waals surface area contributed by atoms with E-state index in [1.807, 2.05) is 13.0 Å². The van der Waals surface area contributed by atoms with E-state index < -0.39 is 6.10 Å². The Hall–Kier alpha value is -1.40. The number of fused-ring (bicyclic) bond motifs is 1. The van der Waals surface area contributed by atoms with E-state index in [1.54, 1.807) is 11.3 Å². The van der Waals surface area contributed by atoms with Crippen molar-refractivity contribution in [3.8, 4) is 0 Å². The molecule has 0 saturated carbocycles. The Morgan fingerprint density at radius 2 is 2.10 bits per heavy atom. The first kappa shape index (κ1) is 15.0. The van der Waals surface area contributed by atoms with E-state index in [0.717, 1.165) is 21.5 Å². The number of nitrogen functional groups attached to an aromatic ring is 1. The number of hydrogen-bond acceptors (Lipinski definition) is 6. The van der Waals surface area contributed by atoms with Gasteiger partial charge in [-0.05, 0) is 24.8 Å². The summed E-state index contributed by atoms with van der Waals surface area (Å²) in [5, 5.41) is 14.2. The molecule has 6 heteroatoms. The largest absolute Gasteiger partial charge is 0.391 e. The maximum absolute atomic E-state index is 10.1. The molecule has 2 aromatic heterocycles. The molecule has 0 aliphatic heterocycles. The number of anilines is 2. The lowest BCUT2D eigenvalue weighted by Crippen LogP contribution is -2.25. The number of nitrogens with two attached hydrogens (primary N) is 1. The zero-order chi connectivity index (χ0) is 14.9. The molecule has 2 rings (SSSR count). The Morgan fingerprint density at radius 1 is 1.40 bits per heavy atom. The summed E-state index contributed by atoms with van der Waals surface area (Å²) in [5.74, 6) is 0.956. The van der Waals surface area contributed by atoms with Crippen molar-refractivity contribution in [3.63, 3.8) is 0 Å². The molecule has 0 bridgehead atoms. The second kappa shape index (κ2) is 5.54. The Labute approximate surface area is 123 Å². The summed E-state index contributed by atoms with van der Waals surface area (Å²) >= 11 is 1.59. The van der Waals surface area contributed by atoms with Crippen LogP contribution in [0.3, 0.4) is 0 Å². The highest BCUT2D eigenvalue weighted by Crippen LogP contribution is 2.29. The van der Waals surface area contributed by atoms with Crippen molar-refractivity contribution in [2.24, 2.45) is 5.41 Å². The van der Waals surface area contributed by atoms with Gasteiger partial charge in [0.25, 0.3) is 0 Å². The quantitative estimate of drug-likeness (QED) is 0.807. The summed E-state index contributed by atoms with van der Waals surface area (Å²) in [7, 11) is 0. The molecule has 0 aliphatic carbocycles. The minimum Gasteiger partial charge on any atom is -0.391 e. The monoisotopic (exact) mass is 294 g/mol. The Morgan fingerprint density at radius 3 is 2.75 bits per heavy atom. The van der Waals surface area contributed by atoms with Gasteiger partial charge >= 0.3 is 0 Å². The predicted octanol–water partition coefficient (Wildman–Crippen LogP) is 2.79. The first-order valence-corrected chi connectivity index (χ1v) is 7.52. The van der Waals surface area contributed by atoms with E-state index in [0.29, 0.717) is 12.4 Å².